The average Bonchev–Trinajstić information content (AvgIpc) is 2.17. The summed E-state index contributed by atoms with van der Waals surface area (Å²) in [7, 11) is 0. The molecular formula is C18H31NO3. The Kier molecular flexibility index (Phi) is 3.22. The molecule has 126 valence electrons. The maximum atomic E-state index is 12.0. The highest BCUT2D eigenvalue weighted by atomic mass is 16.6. The van der Waals surface area contributed by atoms with E-state index in [9.17, 15) is 9.90 Å². The molecule has 4 rings (SSSR count). The molecular weight excluding hydrogens is 278 g/mol. The molecule has 0 saturated heterocycles. The Morgan fingerprint density at radius 1 is 1.05 bits per heavy atom. The molecule has 0 spiro atoms. The average molecular weight is 309 g/mol. The molecule has 0 aromatic rings. The summed E-state index contributed by atoms with van der Waals surface area (Å²) in [6.45, 7) is 10.9. The van der Waals surface area contributed by atoms with Gasteiger partial charge in [0.05, 0.1) is 5.60 Å². The molecule has 22 heavy (non-hydrogen) atoms. The van der Waals surface area contributed by atoms with Crippen LogP contribution in [0, 0.1) is 16.2 Å². The Morgan fingerprint density at radius 2 is 1.59 bits per heavy atom. The van der Waals surface area contributed by atoms with Crippen molar-refractivity contribution in [3.63, 3.8) is 0 Å². The van der Waals surface area contributed by atoms with E-state index in [1.807, 2.05) is 20.8 Å². The molecule has 0 heterocycles. The smallest absolute Gasteiger partial charge is 0.407 e. The molecule has 4 nitrogen and oxygen atoms in total. The van der Waals surface area contributed by atoms with Crippen LogP contribution in [0.5, 0.6) is 0 Å². The van der Waals surface area contributed by atoms with Gasteiger partial charge < -0.3 is 15.2 Å². The number of rotatable bonds is 2. The van der Waals surface area contributed by atoms with Gasteiger partial charge >= 0.3 is 6.09 Å². The minimum Gasteiger partial charge on any atom is -0.444 e. The number of hydrogen-bond donors (Lipinski definition) is 2. The summed E-state index contributed by atoms with van der Waals surface area (Å²) in [6, 6.07) is 0. The van der Waals surface area contributed by atoms with Crippen molar-refractivity contribution in [2.75, 3.05) is 6.54 Å². The maximum Gasteiger partial charge on any atom is 0.407 e. The summed E-state index contributed by atoms with van der Waals surface area (Å²) in [4.78, 5) is 12.0. The molecule has 1 amide bonds. The maximum absolute atomic E-state index is 12.0. The van der Waals surface area contributed by atoms with Crippen LogP contribution in [-0.4, -0.2) is 28.9 Å². The first kappa shape index (κ1) is 16.1. The number of aliphatic hydroxyl groups is 1. The molecule has 0 aliphatic heterocycles. The first-order valence-electron chi connectivity index (χ1n) is 8.54. The fraction of sp³-hybridized carbons (Fsp3) is 0.944. The standard InChI is InChI=1S/C18H31NO3/c1-14(2,3)22-13(20)19-12-17-7-15(4)6-16(5,8-17)10-18(21,9-15)11-17/h21H,6-12H2,1-5H3,(H,19,20). The summed E-state index contributed by atoms with van der Waals surface area (Å²) < 4.78 is 5.36. The minimum absolute atomic E-state index is 0.0317. The summed E-state index contributed by atoms with van der Waals surface area (Å²) >= 11 is 0. The number of carbonyl (C=O) groups excluding carboxylic acids is 1. The number of carbonyl (C=O) groups is 1. The van der Waals surface area contributed by atoms with Gasteiger partial charge in [-0.05, 0) is 75.5 Å². The van der Waals surface area contributed by atoms with Gasteiger partial charge in [0, 0.05) is 6.54 Å². The Labute approximate surface area is 134 Å². The zero-order valence-corrected chi connectivity index (χ0v) is 14.7. The van der Waals surface area contributed by atoms with Crippen molar-refractivity contribution in [3.8, 4) is 0 Å². The van der Waals surface area contributed by atoms with Crippen molar-refractivity contribution in [2.24, 2.45) is 16.2 Å². The van der Waals surface area contributed by atoms with Gasteiger partial charge in [-0.2, -0.15) is 0 Å². The van der Waals surface area contributed by atoms with Crippen LogP contribution < -0.4 is 5.32 Å². The lowest BCUT2D eigenvalue weighted by molar-refractivity contribution is -0.223. The molecule has 0 aromatic heterocycles. The van der Waals surface area contributed by atoms with Crippen molar-refractivity contribution in [3.05, 3.63) is 0 Å². The normalized spacial score (nSPS) is 46.6. The van der Waals surface area contributed by atoms with Gasteiger partial charge in [0.2, 0.25) is 0 Å². The summed E-state index contributed by atoms with van der Waals surface area (Å²) in [6.07, 6.45) is 5.73. The monoisotopic (exact) mass is 309 g/mol. The zero-order chi connectivity index (χ0) is 16.4. The van der Waals surface area contributed by atoms with Crippen molar-refractivity contribution in [1.29, 1.82) is 0 Å². The van der Waals surface area contributed by atoms with Gasteiger partial charge in [-0.3, -0.25) is 0 Å². The Bertz CT molecular complexity index is 440. The van der Waals surface area contributed by atoms with E-state index in [4.69, 9.17) is 4.74 Å². The van der Waals surface area contributed by atoms with E-state index in [1.54, 1.807) is 0 Å². The molecule has 4 heteroatoms. The highest BCUT2D eigenvalue weighted by Gasteiger charge is 2.65. The number of amides is 1. The zero-order valence-electron chi connectivity index (χ0n) is 14.7. The topological polar surface area (TPSA) is 58.6 Å². The number of hydrogen-bond acceptors (Lipinski definition) is 3. The molecule has 2 unspecified atom stereocenters. The highest BCUT2D eigenvalue weighted by Crippen LogP contribution is 2.70. The predicted molar refractivity (Wildman–Crippen MR) is 85.5 cm³/mol. The van der Waals surface area contributed by atoms with Gasteiger partial charge in [-0.1, -0.05) is 13.8 Å². The molecule has 4 fully saturated rings. The van der Waals surface area contributed by atoms with E-state index in [1.165, 1.54) is 6.42 Å². The minimum atomic E-state index is -0.534. The van der Waals surface area contributed by atoms with E-state index in [-0.39, 0.29) is 22.3 Å². The van der Waals surface area contributed by atoms with Crippen molar-refractivity contribution in [1.82, 2.24) is 5.32 Å². The van der Waals surface area contributed by atoms with E-state index in [0.29, 0.717) is 6.54 Å². The van der Waals surface area contributed by atoms with Crippen LogP contribution in [0.4, 0.5) is 4.79 Å². The van der Waals surface area contributed by atoms with E-state index >= 15 is 0 Å². The van der Waals surface area contributed by atoms with Gasteiger partial charge in [-0.15, -0.1) is 0 Å². The number of ether oxygens (including phenoxy) is 1. The first-order valence-corrected chi connectivity index (χ1v) is 8.54. The third-order valence-corrected chi connectivity index (χ3v) is 5.68. The predicted octanol–water partition coefficient (Wildman–Crippen LogP) is 3.62. The lowest BCUT2D eigenvalue weighted by atomic mass is 9.39. The third-order valence-electron chi connectivity index (χ3n) is 5.68. The summed E-state index contributed by atoms with van der Waals surface area (Å²) in [5, 5.41) is 14.0. The SMILES string of the molecule is CC12CC3(C)CC(O)(C1)CC(CNC(=O)OC(C)(C)C)(C2)C3. The van der Waals surface area contributed by atoms with Gasteiger partial charge in [-0.25, -0.2) is 4.79 Å². The van der Waals surface area contributed by atoms with Crippen LogP contribution in [0.25, 0.3) is 0 Å². The van der Waals surface area contributed by atoms with Crippen LogP contribution in [0.3, 0.4) is 0 Å². The number of alkyl carbamates (subject to hydrolysis) is 1. The second-order valence-electron chi connectivity index (χ2n) is 10.3. The second kappa shape index (κ2) is 4.40. The van der Waals surface area contributed by atoms with Crippen LogP contribution in [-0.2, 0) is 4.74 Å². The molecule has 4 saturated carbocycles. The lowest BCUT2D eigenvalue weighted by Gasteiger charge is -2.68. The van der Waals surface area contributed by atoms with Crippen molar-refractivity contribution in [2.45, 2.75) is 84.3 Å². The highest BCUT2D eigenvalue weighted by molar-refractivity contribution is 5.67. The van der Waals surface area contributed by atoms with Crippen LogP contribution in [0.15, 0.2) is 0 Å². The van der Waals surface area contributed by atoms with E-state index in [2.05, 4.69) is 19.2 Å². The molecule has 4 bridgehead atoms. The van der Waals surface area contributed by atoms with E-state index in [0.717, 1.165) is 32.1 Å². The molecule has 2 atom stereocenters. The quantitative estimate of drug-likeness (QED) is 0.819. The molecule has 0 radical (unpaired) electrons. The van der Waals surface area contributed by atoms with Crippen LogP contribution in [0.1, 0.15) is 73.1 Å². The lowest BCUT2D eigenvalue weighted by Crippen LogP contribution is -2.64. The second-order valence-corrected chi connectivity index (χ2v) is 10.3. The molecule has 4 aliphatic rings. The fourth-order valence-electron chi connectivity index (χ4n) is 6.64. The van der Waals surface area contributed by atoms with Crippen LogP contribution >= 0.6 is 0 Å². The largest absolute Gasteiger partial charge is 0.444 e. The summed E-state index contributed by atoms with van der Waals surface area (Å²) in [5.41, 5.74) is -0.540. The fourth-order valence-corrected chi connectivity index (χ4v) is 6.64. The van der Waals surface area contributed by atoms with Gasteiger partial charge in [0.25, 0.3) is 0 Å². The Balaban J connectivity index is 1.72. The third kappa shape index (κ3) is 2.99. The molecule has 2 N–H and O–H groups in total. The molecule has 0 aromatic carbocycles. The van der Waals surface area contributed by atoms with Crippen molar-refractivity contribution < 1.29 is 14.6 Å². The van der Waals surface area contributed by atoms with E-state index < -0.39 is 11.2 Å². The Hall–Kier alpha value is -0.770. The Morgan fingerprint density at radius 3 is 2.05 bits per heavy atom. The summed E-state index contributed by atoms with van der Waals surface area (Å²) in [5.74, 6) is 0. The number of nitrogens with one attached hydrogen (secondary N) is 1. The van der Waals surface area contributed by atoms with Crippen molar-refractivity contribution >= 4 is 6.09 Å². The van der Waals surface area contributed by atoms with Crippen LogP contribution in [0.2, 0.25) is 0 Å². The van der Waals surface area contributed by atoms with Gasteiger partial charge in [0.1, 0.15) is 5.60 Å². The first-order chi connectivity index (χ1) is 9.84. The van der Waals surface area contributed by atoms with Gasteiger partial charge in [0.15, 0.2) is 0 Å². The molecule has 4 aliphatic carbocycles.